The lowest BCUT2D eigenvalue weighted by atomic mass is 9.97. The predicted molar refractivity (Wildman–Crippen MR) is 88.6 cm³/mol. The van der Waals surface area contributed by atoms with Gasteiger partial charge >= 0.3 is 5.97 Å². The molecule has 1 atom stereocenters. The molecule has 3 rings (SSSR count). The lowest BCUT2D eigenvalue weighted by molar-refractivity contribution is 0.0697. The Morgan fingerprint density at radius 2 is 2.00 bits per heavy atom. The van der Waals surface area contributed by atoms with Crippen LogP contribution in [0.4, 0.5) is 0 Å². The molecular weight excluding hydrogens is 290 g/mol. The van der Waals surface area contributed by atoms with Crippen molar-refractivity contribution >= 4 is 5.97 Å². The zero-order chi connectivity index (χ0) is 16.4. The van der Waals surface area contributed by atoms with Gasteiger partial charge in [0.25, 0.3) is 0 Å². The summed E-state index contributed by atoms with van der Waals surface area (Å²) in [6.45, 7) is 4.10. The summed E-state index contributed by atoms with van der Waals surface area (Å²) in [7, 11) is 2.13. The van der Waals surface area contributed by atoms with Crippen LogP contribution in [-0.2, 0) is 0 Å². The van der Waals surface area contributed by atoms with E-state index < -0.39 is 5.97 Å². The van der Waals surface area contributed by atoms with E-state index in [-0.39, 0.29) is 5.56 Å². The van der Waals surface area contributed by atoms with Gasteiger partial charge in [-0.3, -0.25) is 0 Å². The summed E-state index contributed by atoms with van der Waals surface area (Å²) in [4.78, 5) is 22.7. The number of aromatic carboxylic acids is 1. The lowest BCUT2D eigenvalue weighted by Gasteiger charge is -2.28. The second-order valence-electron chi connectivity index (χ2n) is 6.24. The lowest BCUT2D eigenvalue weighted by Crippen LogP contribution is -2.31. The van der Waals surface area contributed by atoms with Crippen molar-refractivity contribution in [3.63, 3.8) is 0 Å². The number of rotatable bonds is 3. The fourth-order valence-electron chi connectivity index (χ4n) is 3.08. The first-order valence-electron chi connectivity index (χ1n) is 7.91. The van der Waals surface area contributed by atoms with E-state index in [9.17, 15) is 4.79 Å². The molecule has 1 fully saturated rings. The maximum Gasteiger partial charge on any atom is 0.335 e. The van der Waals surface area contributed by atoms with Gasteiger partial charge in [0, 0.05) is 23.7 Å². The SMILES string of the molecule is Cc1cc(-c2ccc(C(=O)O)cc2)nc([C@H]2CCCN(C)C2)n1. The number of aromatic nitrogens is 2. The first kappa shape index (κ1) is 15.6. The third-order valence-electron chi connectivity index (χ3n) is 4.29. The molecule has 1 saturated heterocycles. The molecule has 0 unspecified atom stereocenters. The first-order chi connectivity index (χ1) is 11.0. The third kappa shape index (κ3) is 3.56. The van der Waals surface area contributed by atoms with E-state index in [0.717, 1.165) is 42.3 Å². The normalized spacial score (nSPS) is 18.8. The Kier molecular flexibility index (Phi) is 4.39. The van der Waals surface area contributed by atoms with Gasteiger partial charge in [-0.1, -0.05) is 12.1 Å². The van der Waals surface area contributed by atoms with Crippen molar-refractivity contribution in [3.8, 4) is 11.3 Å². The van der Waals surface area contributed by atoms with Gasteiger partial charge in [0.05, 0.1) is 11.3 Å². The Balaban J connectivity index is 1.92. The minimum absolute atomic E-state index is 0.286. The molecule has 0 spiro atoms. The molecule has 0 saturated carbocycles. The number of carboxylic acid groups (broad SMARTS) is 1. The highest BCUT2D eigenvalue weighted by Crippen LogP contribution is 2.26. The van der Waals surface area contributed by atoms with E-state index in [4.69, 9.17) is 10.1 Å². The van der Waals surface area contributed by atoms with Crippen LogP contribution in [0.15, 0.2) is 30.3 Å². The Morgan fingerprint density at radius 1 is 1.26 bits per heavy atom. The van der Waals surface area contributed by atoms with Gasteiger partial charge < -0.3 is 10.0 Å². The Hall–Kier alpha value is -2.27. The zero-order valence-corrected chi connectivity index (χ0v) is 13.5. The van der Waals surface area contributed by atoms with Crippen molar-refractivity contribution in [3.05, 3.63) is 47.4 Å². The van der Waals surface area contributed by atoms with E-state index in [1.54, 1.807) is 12.1 Å². The molecule has 5 heteroatoms. The van der Waals surface area contributed by atoms with Crippen molar-refractivity contribution in [2.24, 2.45) is 0 Å². The van der Waals surface area contributed by atoms with E-state index in [2.05, 4.69) is 16.9 Å². The second-order valence-corrected chi connectivity index (χ2v) is 6.24. The van der Waals surface area contributed by atoms with Gasteiger partial charge in [-0.25, -0.2) is 14.8 Å². The fraction of sp³-hybridized carbons (Fsp3) is 0.389. The number of likely N-dealkylation sites (N-methyl/N-ethyl adjacent to an activating group) is 1. The highest BCUT2D eigenvalue weighted by molar-refractivity contribution is 5.88. The summed E-state index contributed by atoms with van der Waals surface area (Å²) < 4.78 is 0. The van der Waals surface area contributed by atoms with Crippen molar-refractivity contribution in [2.45, 2.75) is 25.7 Å². The van der Waals surface area contributed by atoms with Crippen molar-refractivity contribution in [2.75, 3.05) is 20.1 Å². The summed E-state index contributed by atoms with van der Waals surface area (Å²) in [5.74, 6) is 0.348. The summed E-state index contributed by atoms with van der Waals surface area (Å²) in [6.07, 6.45) is 2.28. The molecule has 1 N–H and O–H groups in total. The van der Waals surface area contributed by atoms with E-state index >= 15 is 0 Å². The number of likely N-dealkylation sites (tertiary alicyclic amines) is 1. The maximum absolute atomic E-state index is 11.0. The second kappa shape index (κ2) is 6.46. The molecule has 1 aliphatic heterocycles. The van der Waals surface area contributed by atoms with Gasteiger partial charge in [-0.2, -0.15) is 0 Å². The number of piperidine rings is 1. The van der Waals surface area contributed by atoms with Gasteiger partial charge in [0.1, 0.15) is 5.82 Å². The van der Waals surface area contributed by atoms with Crippen molar-refractivity contribution in [1.29, 1.82) is 0 Å². The molecule has 1 aromatic carbocycles. The van der Waals surface area contributed by atoms with Crippen LogP contribution in [0.25, 0.3) is 11.3 Å². The van der Waals surface area contributed by atoms with Crippen LogP contribution in [0.1, 0.15) is 40.6 Å². The molecular formula is C18H21N3O2. The third-order valence-corrected chi connectivity index (χ3v) is 4.29. The largest absolute Gasteiger partial charge is 0.478 e. The highest BCUT2D eigenvalue weighted by atomic mass is 16.4. The fourth-order valence-corrected chi connectivity index (χ4v) is 3.08. The molecule has 120 valence electrons. The van der Waals surface area contributed by atoms with Crippen LogP contribution in [0.3, 0.4) is 0 Å². The van der Waals surface area contributed by atoms with Crippen LogP contribution in [0.2, 0.25) is 0 Å². The number of hydrogen-bond donors (Lipinski definition) is 1. The van der Waals surface area contributed by atoms with Crippen LogP contribution in [0, 0.1) is 6.92 Å². The number of carbonyl (C=O) groups is 1. The summed E-state index contributed by atoms with van der Waals surface area (Å²) in [6, 6.07) is 8.79. The molecule has 2 heterocycles. The number of hydrogen-bond acceptors (Lipinski definition) is 4. The Morgan fingerprint density at radius 3 is 2.65 bits per heavy atom. The van der Waals surface area contributed by atoms with Crippen LogP contribution >= 0.6 is 0 Å². The number of aryl methyl sites for hydroxylation is 1. The smallest absolute Gasteiger partial charge is 0.335 e. The first-order valence-corrected chi connectivity index (χ1v) is 7.91. The molecule has 0 radical (unpaired) electrons. The Bertz CT molecular complexity index is 713. The van der Waals surface area contributed by atoms with Gasteiger partial charge in [0.15, 0.2) is 0 Å². The number of benzene rings is 1. The average molecular weight is 311 g/mol. The molecule has 1 aliphatic rings. The summed E-state index contributed by atoms with van der Waals surface area (Å²) in [5, 5.41) is 9.00. The zero-order valence-electron chi connectivity index (χ0n) is 13.5. The van der Waals surface area contributed by atoms with Gasteiger partial charge in [-0.15, -0.1) is 0 Å². The minimum Gasteiger partial charge on any atom is -0.478 e. The molecule has 2 aromatic rings. The monoisotopic (exact) mass is 311 g/mol. The van der Waals surface area contributed by atoms with E-state index in [1.807, 2.05) is 25.1 Å². The van der Waals surface area contributed by atoms with E-state index in [1.165, 1.54) is 6.42 Å². The van der Waals surface area contributed by atoms with Crippen LogP contribution in [-0.4, -0.2) is 46.1 Å². The van der Waals surface area contributed by atoms with E-state index in [0.29, 0.717) is 5.92 Å². The summed E-state index contributed by atoms with van der Waals surface area (Å²) in [5.41, 5.74) is 3.01. The van der Waals surface area contributed by atoms with Gasteiger partial charge in [-0.05, 0) is 51.6 Å². The van der Waals surface area contributed by atoms with Crippen molar-refractivity contribution < 1.29 is 9.90 Å². The number of carboxylic acids is 1. The minimum atomic E-state index is -0.915. The number of nitrogens with zero attached hydrogens (tertiary/aromatic N) is 3. The molecule has 0 aliphatic carbocycles. The molecule has 0 amide bonds. The quantitative estimate of drug-likeness (QED) is 0.944. The maximum atomic E-state index is 11.0. The molecule has 5 nitrogen and oxygen atoms in total. The van der Waals surface area contributed by atoms with Crippen molar-refractivity contribution in [1.82, 2.24) is 14.9 Å². The van der Waals surface area contributed by atoms with Gasteiger partial charge in [0.2, 0.25) is 0 Å². The van der Waals surface area contributed by atoms with Crippen LogP contribution in [0.5, 0.6) is 0 Å². The average Bonchev–Trinajstić information content (AvgIpc) is 2.54. The topological polar surface area (TPSA) is 66.3 Å². The molecule has 23 heavy (non-hydrogen) atoms. The Labute approximate surface area is 136 Å². The van der Waals surface area contributed by atoms with Crippen LogP contribution < -0.4 is 0 Å². The molecule has 0 bridgehead atoms. The highest BCUT2D eigenvalue weighted by Gasteiger charge is 2.22. The standard InChI is InChI=1S/C18H21N3O2/c1-12-10-16(13-5-7-14(8-6-13)18(22)23)20-17(19-12)15-4-3-9-21(2)11-15/h5-8,10,15H,3-4,9,11H2,1-2H3,(H,22,23)/t15-/m0/s1. The summed E-state index contributed by atoms with van der Waals surface area (Å²) >= 11 is 0. The predicted octanol–water partition coefficient (Wildman–Crippen LogP) is 2.96. The molecule has 1 aromatic heterocycles.